The first-order valence-electron chi connectivity index (χ1n) is 9.68. The molecule has 0 N–H and O–H groups in total. The minimum Gasteiger partial charge on any atom is -0.368 e. The third-order valence-electron chi connectivity index (χ3n) is 5.37. The fraction of sp³-hybridized carbons (Fsp3) is 0.421. The van der Waals surface area contributed by atoms with Crippen molar-refractivity contribution >= 4 is 22.9 Å². The van der Waals surface area contributed by atoms with E-state index in [1.807, 2.05) is 4.90 Å². The summed E-state index contributed by atoms with van der Waals surface area (Å²) in [6, 6.07) is 6.12. The smallest absolute Gasteiger partial charge is 0.251 e. The van der Waals surface area contributed by atoms with Crippen molar-refractivity contribution in [2.24, 2.45) is 0 Å². The van der Waals surface area contributed by atoms with E-state index in [4.69, 9.17) is 4.74 Å². The molecule has 2 aromatic heterocycles. The van der Waals surface area contributed by atoms with E-state index >= 15 is 0 Å². The number of amides is 1. The molecule has 0 saturated carbocycles. The van der Waals surface area contributed by atoms with E-state index in [1.54, 1.807) is 12.1 Å². The highest BCUT2D eigenvalue weighted by Crippen LogP contribution is 2.24. The molecular formula is C19H20FN7O2. The quantitative estimate of drug-likeness (QED) is 0.656. The van der Waals surface area contributed by atoms with Crippen molar-refractivity contribution in [3.63, 3.8) is 0 Å². The lowest BCUT2D eigenvalue weighted by molar-refractivity contribution is -0.141. The molecule has 1 amide bonds. The average molecular weight is 397 g/mol. The van der Waals surface area contributed by atoms with Gasteiger partial charge in [0, 0.05) is 32.8 Å². The lowest BCUT2D eigenvalue weighted by Gasteiger charge is -2.36. The number of aromatic nitrogens is 5. The molecule has 2 aliphatic heterocycles. The van der Waals surface area contributed by atoms with E-state index in [-0.39, 0.29) is 17.8 Å². The Balaban J connectivity index is 1.37. The number of carbonyl (C=O) groups excluding carboxylic acids is 1. The Bertz CT molecular complexity index is 1040. The molecule has 2 fully saturated rings. The van der Waals surface area contributed by atoms with Gasteiger partial charge in [-0.2, -0.15) is 4.68 Å². The van der Waals surface area contributed by atoms with Crippen LogP contribution >= 0.6 is 0 Å². The molecule has 1 atom stereocenters. The minimum atomic E-state index is -0.354. The molecule has 4 heterocycles. The Morgan fingerprint density at radius 2 is 2.03 bits per heavy atom. The Labute approximate surface area is 166 Å². The summed E-state index contributed by atoms with van der Waals surface area (Å²) in [5, 5.41) is 8.39. The molecule has 3 aromatic rings. The average Bonchev–Trinajstić information content (AvgIpc) is 3.43. The monoisotopic (exact) mass is 397 g/mol. The van der Waals surface area contributed by atoms with E-state index in [1.165, 1.54) is 23.1 Å². The van der Waals surface area contributed by atoms with Gasteiger partial charge in [-0.15, -0.1) is 5.10 Å². The van der Waals surface area contributed by atoms with Gasteiger partial charge in [0.25, 0.3) is 5.91 Å². The van der Waals surface area contributed by atoms with Gasteiger partial charge in [0.15, 0.2) is 17.0 Å². The maximum atomic E-state index is 13.6. The topological polar surface area (TPSA) is 89.3 Å². The summed E-state index contributed by atoms with van der Waals surface area (Å²) < 4.78 is 20.6. The van der Waals surface area contributed by atoms with Crippen LogP contribution in [0, 0.1) is 5.82 Å². The molecule has 0 radical (unpaired) electrons. The summed E-state index contributed by atoms with van der Waals surface area (Å²) in [6.07, 6.45) is 2.91. The number of halogens is 1. The van der Waals surface area contributed by atoms with Crippen LogP contribution < -0.4 is 4.90 Å². The first-order chi connectivity index (χ1) is 14.2. The summed E-state index contributed by atoms with van der Waals surface area (Å²) in [7, 11) is 0. The molecule has 0 spiro atoms. The fourth-order valence-electron chi connectivity index (χ4n) is 3.86. The van der Waals surface area contributed by atoms with Gasteiger partial charge in [-0.1, -0.05) is 11.3 Å². The first-order valence-corrected chi connectivity index (χ1v) is 9.68. The molecule has 0 aliphatic carbocycles. The Morgan fingerprint density at radius 1 is 1.17 bits per heavy atom. The van der Waals surface area contributed by atoms with Crippen LogP contribution in [0.4, 0.5) is 10.2 Å². The first kappa shape index (κ1) is 17.9. The van der Waals surface area contributed by atoms with Gasteiger partial charge in [-0.3, -0.25) is 4.79 Å². The maximum absolute atomic E-state index is 13.6. The number of piperazine rings is 1. The number of carbonyl (C=O) groups is 1. The van der Waals surface area contributed by atoms with Gasteiger partial charge >= 0.3 is 0 Å². The van der Waals surface area contributed by atoms with E-state index < -0.39 is 0 Å². The number of fused-ring (bicyclic) bond motifs is 1. The van der Waals surface area contributed by atoms with Crippen LogP contribution in [0.25, 0.3) is 16.9 Å². The zero-order valence-electron chi connectivity index (χ0n) is 15.7. The molecule has 29 heavy (non-hydrogen) atoms. The fourth-order valence-corrected chi connectivity index (χ4v) is 3.86. The van der Waals surface area contributed by atoms with Crippen LogP contribution in [0.15, 0.2) is 30.6 Å². The van der Waals surface area contributed by atoms with E-state index in [0.29, 0.717) is 55.5 Å². The van der Waals surface area contributed by atoms with E-state index in [9.17, 15) is 9.18 Å². The molecule has 0 bridgehead atoms. The SMILES string of the molecule is O=C(C1CCCO1)N1CCN(c2ncnc3c2nnn3-c2cccc(F)c2)CC1. The zero-order valence-corrected chi connectivity index (χ0v) is 15.7. The minimum absolute atomic E-state index is 0.0760. The normalized spacial score (nSPS) is 19.8. The van der Waals surface area contributed by atoms with Gasteiger partial charge in [-0.05, 0) is 31.0 Å². The highest BCUT2D eigenvalue weighted by Gasteiger charge is 2.31. The van der Waals surface area contributed by atoms with E-state index in [0.717, 1.165) is 12.8 Å². The summed E-state index contributed by atoms with van der Waals surface area (Å²) >= 11 is 0. The Hall–Kier alpha value is -3.14. The molecule has 1 unspecified atom stereocenters. The van der Waals surface area contributed by atoms with Gasteiger partial charge in [0.05, 0.1) is 5.69 Å². The van der Waals surface area contributed by atoms with Crippen LogP contribution in [0.3, 0.4) is 0 Å². The van der Waals surface area contributed by atoms with Crippen LogP contribution in [-0.2, 0) is 9.53 Å². The second-order valence-electron chi connectivity index (χ2n) is 7.16. The van der Waals surface area contributed by atoms with Gasteiger partial charge in [0.1, 0.15) is 18.2 Å². The summed E-state index contributed by atoms with van der Waals surface area (Å²) in [5.41, 5.74) is 1.61. The Kier molecular flexibility index (Phi) is 4.55. The third-order valence-corrected chi connectivity index (χ3v) is 5.37. The van der Waals surface area contributed by atoms with Crippen LogP contribution in [-0.4, -0.2) is 74.7 Å². The number of hydrogen-bond donors (Lipinski definition) is 0. The zero-order chi connectivity index (χ0) is 19.8. The molecule has 150 valence electrons. The third kappa shape index (κ3) is 3.29. The predicted octanol–water partition coefficient (Wildman–Crippen LogP) is 1.18. The second-order valence-corrected chi connectivity index (χ2v) is 7.16. The lowest BCUT2D eigenvalue weighted by Crippen LogP contribution is -2.51. The second kappa shape index (κ2) is 7.36. The molecular weight excluding hydrogens is 377 g/mol. The van der Waals surface area contributed by atoms with Crippen molar-refractivity contribution in [3.05, 3.63) is 36.4 Å². The maximum Gasteiger partial charge on any atom is 0.251 e. The number of hydrogen-bond acceptors (Lipinski definition) is 7. The number of rotatable bonds is 3. The van der Waals surface area contributed by atoms with Crippen molar-refractivity contribution in [1.29, 1.82) is 0 Å². The molecule has 5 rings (SSSR count). The van der Waals surface area contributed by atoms with Gasteiger partial charge in [0.2, 0.25) is 0 Å². The molecule has 9 nitrogen and oxygen atoms in total. The molecule has 10 heteroatoms. The van der Waals surface area contributed by atoms with Crippen LogP contribution in [0.5, 0.6) is 0 Å². The predicted molar refractivity (Wildman–Crippen MR) is 102 cm³/mol. The Morgan fingerprint density at radius 3 is 2.79 bits per heavy atom. The summed E-state index contributed by atoms with van der Waals surface area (Å²) in [6.45, 7) is 3.13. The van der Waals surface area contributed by atoms with Crippen molar-refractivity contribution in [2.75, 3.05) is 37.7 Å². The van der Waals surface area contributed by atoms with Crippen molar-refractivity contribution in [3.8, 4) is 5.69 Å². The summed E-state index contributed by atoms with van der Waals surface area (Å²) in [5.74, 6) is 0.390. The number of anilines is 1. The highest BCUT2D eigenvalue weighted by atomic mass is 19.1. The van der Waals surface area contributed by atoms with Gasteiger partial charge in [-0.25, -0.2) is 14.4 Å². The molecule has 2 aliphatic rings. The molecule has 2 saturated heterocycles. The van der Waals surface area contributed by atoms with Crippen LogP contribution in [0.2, 0.25) is 0 Å². The molecule has 1 aromatic carbocycles. The lowest BCUT2D eigenvalue weighted by atomic mass is 10.2. The van der Waals surface area contributed by atoms with Crippen molar-refractivity contribution < 1.29 is 13.9 Å². The van der Waals surface area contributed by atoms with Gasteiger partial charge < -0.3 is 14.5 Å². The standard InChI is InChI=1S/C19H20FN7O2/c20-13-3-1-4-14(11-13)27-18-16(23-24-27)17(21-12-22-18)25-6-8-26(9-7-25)19(28)15-5-2-10-29-15/h1,3-4,11-12,15H,2,5-10H2. The van der Waals surface area contributed by atoms with Crippen molar-refractivity contribution in [1.82, 2.24) is 29.9 Å². The number of nitrogens with zero attached hydrogens (tertiary/aromatic N) is 7. The van der Waals surface area contributed by atoms with Crippen molar-refractivity contribution in [2.45, 2.75) is 18.9 Å². The highest BCUT2D eigenvalue weighted by molar-refractivity contribution is 5.84. The van der Waals surface area contributed by atoms with Crippen LogP contribution in [0.1, 0.15) is 12.8 Å². The summed E-state index contributed by atoms with van der Waals surface area (Å²) in [4.78, 5) is 25.2. The number of benzene rings is 1. The van der Waals surface area contributed by atoms with E-state index in [2.05, 4.69) is 25.2 Å². The number of ether oxygens (including phenoxy) is 1. The largest absolute Gasteiger partial charge is 0.368 e.